The number of carbonyl (C=O) groups is 2. The van der Waals surface area contributed by atoms with Crippen LogP contribution in [0.1, 0.15) is 12.5 Å². The average Bonchev–Trinajstić information content (AvgIpc) is 3.19. The van der Waals surface area contributed by atoms with Gasteiger partial charge in [0.25, 0.3) is 0 Å². The molecule has 0 bridgehead atoms. The van der Waals surface area contributed by atoms with E-state index in [-0.39, 0.29) is 23.1 Å². The van der Waals surface area contributed by atoms with E-state index in [1.54, 1.807) is 71.3 Å². The summed E-state index contributed by atoms with van der Waals surface area (Å²) in [4.78, 5) is 24.5. The third-order valence-electron chi connectivity index (χ3n) is 5.46. The topological polar surface area (TPSA) is 106 Å². The Morgan fingerprint density at radius 1 is 1.00 bits per heavy atom. The first-order chi connectivity index (χ1) is 17.2. The summed E-state index contributed by atoms with van der Waals surface area (Å²) >= 11 is 5.92. The number of ether oxygens (including phenoxy) is 1. The molecule has 36 heavy (non-hydrogen) atoms. The Kier molecular flexibility index (Phi) is 7.32. The van der Waals surface area contributed by atoms with Crippen molar-refractivity contribution in [1.29, 1.82) is 0 Å². The molecular formula is C26H24ClN3O5S. The first-order valence-corrected chi connectivity index (χ1v) is 13.0. The number of benzene rings is 3. The molecule has 8 nitrogen and oxygen atoms in total. The van der Waals surface area contributed by atoms with Gasteiger partial charge < -0.3 is 19.9 Å². The van der Waals surface area contributed by atoms with E-state index in [0.29, 0.717) is 38.6 Å². The highest BCUT2D eigenvalue weighted by molar-refractivity contribution is 7.90. The van der Waals surface area contributed by atoms with Gasteiger partial charge in [-0.1, -0.05) is 41.9 Å². The van der Waals surface area contributed by atoms with Crippen LogP contribution >= 0.6 is 11.6 Å². The molecule has 1 heterocycles. The van der Waals surface area contributed by atoms with Gasteiger partial charge in [0.15, 0.2) is 9.84 Å². The monoisotopic (exact) mass is 525 g/mol. The molecule has 0 radical (unpaired) electrons. The standard InChI is InChI=1S/C26H24ClN3O5S/c1-17(31)28-20-11-12-24(35-2)22(13-20)29-26(32)15-30-14-25(21-5-3-4-6-23(21)30)36(33,34)16-18-7-9-19(27)10-8-18/h3-14H,15-16H2,1-2H3,(H,28,31)(H,29,32). The van der Waals surface area contributed by atoms with Crippen LogP contribution in [0, 0.1) is 0 Å². The van der Waals surface area contributed by atoms with Crippen molar-refractivity contribution in [3.8, 4) is 5.75 Å². The van der Waals surface area contributed by atoms with Crippen LogP contribution in [0.5, 0.6) is 5.75 Å². The fraction of sp³-hybridized carbons (Fsp3) is 0.154. The van der Waals surface area contributed by atoms with Crippen molar-refractivity contribution in [2.45, 2.75) is 24.1 Å². The van der Waals surface area contributed by atoms with Crippen LogP contribution < -0.4 is 15.4 Å². The molecule has 0 aliphatic heterocycles. The molecule has 4 aromatic rings. The molecular weight excluding hydrogens is 502 g/mol. The zero-order chi connectivity index (χ0) is 25.9. The van der Waals surface area contributed by atoms with E-state index in [4.69, 9.17) is 16.3 Å². The van der Waals surface area contributed by atoms with Crippen LogP contribution in [-0.2, 0) is 31.7 Å². The van der Waals surface area contributed by atoms with E-state index >= 15 is 0 Å². The number of rotatable bonds is 8. The van der Waals surface area contributed by atoms with Crippen LogP contribution in [0.2, 0.25) is 5.02 Å². The first-order valence-electron chi connectivity index (χ1n) is 11.0. The predicted octanol–water partition coefficient (Wildman–Crippen LogP) is 4.87. The molecule has 10 heteroatoms. The Bertz CT molecular complexity index is 1550. The van der Waals surface area contributed by atoms with Gasteiger partial charge in [-0.25, -0.2) is 8.42 Å². The Balaban J connectivity index is 1.62. The third kappa shape index (κ3) is 5.69. The molecule has 0 saturated heterocycles. The summed E-state index contributed by atoms with van der Waals surface area (Å²) in [6.45, 7) is 1.25. The Hall–Kier alpha value is -3.82. The van der Waals surface area contributed by atoms with E-state index in [0.717, 1.165) is 0 Å². The number of hydrogen-bond acceptors (Lipinski definition) is 5. The van der Waals surface area contributed by atoms with Crippen molar-refractivity contribution in [1.82, 2.24) is 4.57 Å². The highest BCUT2D eigenvalue weighted by Gasteiger charge is 2.22. The molecule has 0 spiro atoms. The first kappa shape index (κ1) is 25.3. The van der Waals surface area contributed by atoms with Crippen molar-refractivity contribution >= 4 is 55.5 Å². The number of methoxy groups -OCH3 is 1. The van der Waals surface area contributed by atoms with Crippen molar-refractivity contribution in [2.75, 3.05) is 17.7 Å². The largest absolute Gasteiger partial charge is 0.495 e. The summed E-state index contributed by atoms with van der Waals surface area (Å²) in [5.41, 5.74) is 2.10. The summed E-state index contributed by atoms with van der Waals surface area (Å²) in [6.07, 6.45) is 1.49. The van der Waals surface area contributed by atoms with Gasteiger partial charge in [0.2, 0.25) is 11.8 Å². The summed E-state index contributed by atoms with van der Waals surface area (Å²) in [5, 5.41) is 6.50. The summed E-state index contributed by atoms with van der Waals surface area (Å²) in [6, 6.07) is 18.6. The van der Waals surface area contributed by atoms with E-state index < -0.39 is 15.7 Å². The number of amides is 2. The van der Waals surface area contributed by atoms with E-state index in [1.165, 1.54) is 20.2 Å². The lowest BCUT2D eigenvalue weighted by molar-refractivity contribution is -0.116. The number of halogens is 1. The van der Waals surface area contributed by atoms with Gasteiger partial charge in [0.1, 0.15) is 12.3 Å². The quantitative estimate of drug-likeness (QED) is 0.341. The number of nitrogens with one attached hydrogen (secondary N) is 2. The van der Waals surface area contributed by atoms with Crippen molar-refractivity contribution in [3.05, 3.63) is 83.5 Å². The molecule has 0 aliphatic rings. The number of fused-ring (bicyclic) bond motifs is 1. The second kappa shape index (κ2) is 10.4. The second-order valence-electron chi connectivity index (χ2n) is 8.17. The minimum Gasteiger partial charge on any atom is -0.495 e. The highest BCUT2D eigenvalue weighted by atomic mass is 35.5. The number of sulfone groups is 1. The fourth-order valence-corrected chi connectivity index (χ4v) is 5.61. The number of carbonyl (C=O) groups excluding carboxylic acids is 2. The number of hydrogen-bond donors (Lipinski definition) is 2. The SMILES string of the molecule is COc1ccc(NC(C)=O)cc1NC(=O)Cn1cc(S(=O)(=O)Cc2ccc(Cl)cc2)c2ccccc21. The van der Waals surface area contributed by atoms with Crippen LogP contribution in [0.4, 0.5) is 11.4 Å². The molecule has 2 amide bonds. The molecule has 1 aromatic heterocycles. The van der Waals surface area contributed by atoms with Crippen molar-refractivity contribution < 1.29 is 22.7 Å². The van der Waals surface area contributed by atoms with Crippen LogP contribution in [0.3, 0.4) is 0 Å². The van der Waals surface area contributed by atoms with E-state index in [1.807, 2.05) is 0 Å². The normalized spacial score (nSPS) is 11.3. The average molecular weight is 526 g/mol. The van der Waals surface area contributed by atoms with E-state index in [9.17, 15) is 18.0 Å². The molecule has 0 saturated carbocycles. The zero-order valence-corrected chi connectivity index (χ0v) is 21.2. The Morgan fingerprint density at radius 3 is 2.42 bits per heavy atom. The lowest BCUT2D eigenvalue weighted by Gasteiger charge is -2.13. The van der Waals surface area contributed by atoms with Crippen LogP contribution in [-0.4, -0.2) is 31.9 Å². The molecule has 4 rings (SSSR count). The third-order valence-corrected chi connectivity index (χ3v) is 7.43. The summed E-state index contributed by atoms with van der Waals surface area (Å²) in [7, 11) is -2.24. The molecule has 2 N–H and O–H groups in total. The number of nitrogens with zero attached hydrogens (tertiary/aromatic N) is 1. The lowest BCUT2D eigenvalue weighted by atomic mass is 10.2. The van der Waals surface area contributed by atoms with Gasteiger partial charge in [-0.15, -0.1) is 0 Å². The molecule has 3 aromatic carbocycles. The minimum absolute atomic E-state index is 0.134. The highest BCUT2D eigenvalue weighted by Crippen LogP contribution is 2.30. The Morgan fingerprint density at radius 2 is 1.72 bits per heavy atom. The fourth-order valence-electron chi connectivity index (χ4n) is 3.90. The number of aromatic nitrogens is 1. The van der Waals surface area contributed by atoms with Gasteiger partial charge in [0.05, 0.1) is 23.4 Å². The summed E-state index contributed by atoms with van der Waals surface area (Å²) in [5.74, 6) is -0.419. The zero-order valence-electron chi connectivity index (χ0n) is 19.6. The number of anilines is 2. The van der Waals surface area contributed by atoms with Gasteiger partial charge in [-0.05, 0) is 42.0 Å². The second-order valence-corrected chi connectivity index (χ2v) is 10.6. The van der Waals surface area contributed by atoms with Crippen LogP contribution in [0.25, 0.3) is 10.9 Å². The van der Waals surface area contributed by atoms with Gasteiger partial charge in [0, 0.05) is 34.7 Å². The molecule has 186 valence electrons. The molecule has 0 aliphatic carbocycles. The molecule has 0 fully saturated rings. The minimum atomic E-state index is -3.71. The predicted molar refractivity (Wildman–Crippen MR) is 140 cm³/mol. The van der Waals surface area contributed by atoms with Crippen molar-refractivity contribution in [3.63, 3.8) is 0 Å². The Labute approximate surface area is 213 Å². The maximum absolute atomic E-state index is 13.3. The van der Waals surface area contributed by atoms with Gasteiger partial charge in [-0.2, -0.15) is 0 Å². The van der Waals surface area contributed by atoms with Crippen LogP contribution in [0.15, 0.2) is 77.8 Å². The van der Waals surface area contributed by atoms with E-state index in [2.05, 4.69) is 10.6 Å². The lowest BCUT2D eigenvalue weighted by Crippen LogP contribution is -2.19. The number of para-hydroxylation sites is 1. The van der Waals surface area contributed by atoms with Crippen molar-refractivity contribution in [2.24, 2.45) is 0 Å². The smallest absolute Gasteiger partial charge is 0.244 e. The van der Waals surface area contributed by atoms with Gasteiger partial charge in [-0.3, -0.25) is 9.59 Å². The van der Waals surface area contributed by atoms with Gasteiger partial charge >= 0.3 is 0 Å². The molecule has 0 unspecified atom stereocenters. The summed E-state index contributed by atoms with van der Waals surface area (Å²) < 4.78 is 33.5. The maximum atomic E-state index is 13.3. The molecule has 0 atom stereocenters. The maximum Gasteiger partial charge on any atom is 0.244 e.